The first-order valence-electron chi connectivity index (χ1n) is 8.37. The highest BCUT2D eigenvalue weighted by molar-refractivity contribution is 7.18. The Hall–Kier alpha value is -3.00. The third-order valence-electron chi connectivity index (χ3n) is 3.84. The maximum atomic E-state index is 12.3. The SMILES string of the molecule is COc1cc(NC(=O)Nc2nnc(-c3ccncc3)s2)ccc1C(C)(C)C. The number of benzene rings is 1. The van der Waals surface area contributed by atoms with E-state index in [4.69, 9.17) is 4.74 Å². The Kier molecular flexibility index (Phi) is 5.36. The number of hydrogen-bond acceptors (Lipinski definition) is 6. The smallest absolute Gasteiger partial charge is 0.325 e. The topological polar surface area (TPSA) is 89.0 Å². The van der Waals surface area contributed by atoms with Gasteiger partial charge in [0.1, 0.15) is 10.8 Å². The molecule has 0 fully saturated rings. The lowest BCUT2D eigenvalue weighted by Crippen LogP contribution is -2.20. The molecule has 2 N–H and O–H groups in total. The fraction of sp³-hybridized carbons (Fsp3) is 0.263. The molecule has 2 heterocycles. The van der Waals surface area contributed by atoms with Crippen LogP contribution in [0.5, 0.6) is 5.75 Å². The monoisotopic (exact) mass is 383 g/mol. The van der Waals surface area contributed by atoms with E-state index in [9.17, 15) is 4.79 Å². The average molecular weight is 383 g/mol. The quantitative estimate of drug-likeness (QED) is 0.690. The summed E-state index contributed by atoms with van der Waals surface area (Å²) >= 11 is 1.29. The lowest BCUT2D eigenvalue weighted by molar-refractivity contribution is 0.262. The molecule has 0 unspecified atom stereocenters. The number of rotatable bonds is 4. The highest BCUT2D eigenvalue weighted by Gasteiger charge is 2.19. The van der Waals surface area contributed by atoms with Crippen LogP contribution in [-0.2, 0) is 5.41 Å². The highest BCUT2D eigenvalue weighted by Crippen LogP contribution is 2.33. The second-order valence-corrected chi connectivity index (χ2v) is 7.87. The van der Waals surface area contributed by atoms with E-state index in [0.29, 0.717) is 15.8 Å². The van der Waals surface area contributed by atoms with Gasteiger partial charge in [-0.2, -0.15) is 0 Å². The number of urea groups is 1. The van der Waals surface area contributed by atoms with E-state index >= 15 is 0 Å². The van der Waals surface area contributed by atoms with Gasteiger partial charge in [-0.3, -0.25) is 10.3 Å². The zero-order valence-corrected chi connectivity index (χ0v) is 16.4. The van der Waals surface area contributed by atoms with Crippen LogP contribution < -0.4 is 15.4 Å². The molecule has 0 saturated carbocycles. The molecule has 3 rings (SSSR count). The Bertz CT molecular complexity index is 935. The Morgan fingerprint density at radius 2 is 1.81 bits per heavy atom. The van der Waals surface area contributed by atoms with E-state index in [1.165, 1.54) is 11.3 Å². The molecule has 0 spiro atoms. The first kappa shape index (κ1) is 18.8. The number of amides is 2. The van der Waals surface area contributed by atoms with E-state index in [1.807, 2.05) is 30.3 Å². The van der Waals surface area contributed by atoms with Gasteiger partial charge in [0.15, 0.2) is 0 Å². The van der Waals surface area contributed by atoms with Crippen molar-refractivity contribution in [2.24, 2.45) is 0 Å². The lowest BCUT2D eigenvalue weighted by atomic mass is 9.86. The number of hydrogen-bond donors (Lipinski definition) is 2. The molecule has 0 aliphatic heterocycles. The number of carbonyl (C=O) groups excluding carboxylic acids is 1. The van der Waals surface area contributed by atoms with Gasteiger partial charge in [0.2, 0.25) is 5.13 Å². The first-order valence-corrected chi connectivity index (χ1v) is 9.19. The van der Waals surface area contributed by atoms with Gasteiger partial charge in [-0.15, -0.1) is 10.2 Å². The lowest BCUT2D eigenvalue weighted by Gasteiger charge is -2.22. The largest absolute Gasteiger partial charge is 0.496 e. The van der Waals surface area contributed by atoms with Gasteiger partial charge in [-0.05, 0) is 29.2 Å². The predicted octanol–water partition coefficient (Wildman–Crippen LogP) is 4.55. The summed E-state index contributed by atoms with van der Waals surface area (Å²) in [7, 11) is 1.62. The highest BCUT2D eigenvalue weighted by atomic mass is 32.1. The molecule has 0 aliphatic rings. The molecular formula is C19H21N5O2S. The fourth-order valence-electron chi connectivity index (χ4n) is 2.53. The van der Waals surface area contributed by atoms with Gasteiger partial charge in [0.25, 0.3) is 0 Å². The molecular weight excluding hydrogens is 362 g/mol. The average Bonchev–Trinajstić information content (AvgIpc) is 3.09. The van der Waals surface area contributed by atoms with Crippen LogP contribution in [-0.4, -0.2) is 28.3 Å². The Morgan fingerprint density at radius 3 is 2.48 bits per heavy atom. The summed E-state index contributed by atoms with van der Waals surface area (Å²) in [6.45, 7) is 6.33. The maximum absolute atomic E-state index is 12.3. The molecule has 0 bridgehead atoms. The molecule has 0 atom stereocenters. The van der Waals surface area contributed by atoms with Crippen LogP contribution in [0.3, 0.4) is 0 Å². The zero-order chi connectivity index (χ0) is 19.4. The van der Waals surface area contributed by atoms with Crippen LogP contribution in [0.2, 0.25) is 0 Å². The molecule has 0 saturated heterocycles. The van der Waals surface area contributed by atoms with E-state index in [-0.39, 0.29) is 5.41 Å². The first-order chi connectivity index (χ1) is 12.9. The Balaban J connectivity index is 1.69. The van der Waals surface area contributed by atoms with E-state index < -0.39 is 6.03 Å². The third-order valence-corrected chi connectivity index (χ3v) is 4.73. The van der Waals surface area contributed by atoms with Crippen molar-refractivity contribution in [1.29, 1.82) is 0 Å². The number of nitrogens with one attached hydrogen (secondary N) is 2. The summed E-state index contributed by atoms with van der Waals surface area (Å²) in [5.74, 6) is 0.733. The van der Waals surface area contributed by atoms with Crippen LogP contribution in [0.4, 0.5) is 15.6 Å². The van der Waals surface area contributed by atoms with Crippen LogP contribution in [0.15, 0.2) is 42.7 Å². The number of ether oxygens (including phenoxy) is 1. The summed E-state index contributed by atoms with van der Waals surface area (Å²) in [5.41, 5.74) is 2.55. The summed E-state index contributed by atoms with van der Waals surface area (Å²) in [6.07, 6.45) is 3.37. The minimum absolute atomic E-state index is 0.0535. The van der Waals surface area contributed by atoms with Crippen LogP contribution in [0.1, 0.15) is 26.3 Å². The number of anilines is 2. The van der Waals surface area contributed by atoms with Crippen molar-refractivity contribution in [3.05, 3.63) is 48.3 Å². The third kappa shape index (κ3) is 4.59. The molecule has 140 valence electrons. The zero-order valence-electron chi connectivity index (χ0n) is 15.6. The maximum Gasteiger partial charge on any atom is 0.325 e. The minimum atomic E-state index is -0.391. The fourth-order valence-corrected chi connectivity index (χ4v) is 3.28. The predicted molar refractivity (Wildman–Crippen MR) is 107 cm³/mol. The summed E-state index contributed by atoms with van der Waals surface area (Å²) in [4.78, 5) is 16.2. The van der Waals surface area contributed by atoms with E-state index in [0.717, 1.165) is 16.9 Å². The van der Waals surface area contributed by atoms with Crippen molar-refractivity contribution in [3.8, 4) is 16.3 Å². The van der Waals surface area contributed by atoms with Crippen molar-refractivity contribution >= 4 is 28.2 Å². The molecule has 2 amide bonds. The van der Waals surface area contributed by atoms with Crippen molar-refractivity contribution < 1.29 is 9.53 Å². The number of methoxy groups -OCH3 is 1. The molecule has 0 aliphatic carbocycles. The number of pyridine rings is 1. The second kappa shape index (κ2) is 7.71. The summed E-state index contributed by atoms with van der Waals surface area (Å²) < 4.78 is 5.47. The van der Waals surface area contributed by atoms with Gasteiger partial charge in [0.05, 0.1) is 7.11 Å². The Labute approximate surface area is 161 Å². The molecule has 1 aromatic carbocycles. The number of nitrogens with zero attached hydrogens (tertiary/aromatic N) is 3. The molecule has 27 heavy (non-hydrogen) atoms. The minimum Gasteiger partial charge on any atom is -0.496 e. The van der Waals surface area contributed by atoms with Crippen molar-refractivity contribution in [2.75, 3.05) is 17.7 Å². The van der Waals surface area contributed by atoms with E-state index in [1.54, 1.807) is 19.5 Å². The van der Waals surface area contributed by atoms with Gasteiger partial charge in [0, 0.05) is 29.7 Å². The molecule has 3 aromatic rings. The van der Waals surface area contributed by atoms with Crippen LogP contribution in [0, 0.1) is 0 Å². The van der Waals surface area contributed by atoms with Crippen LogP contribution >= 0.6 is 11.3 Å². The standard InChI is InChI=1S/C19H21N5O2S/c1-19(2,3)14-6-5-13(11-15(14)26-4)21-17(25)22-18-24-23-16(27-18)12-7-9-20-10-8-12/h5-11H,1-4H3,(H2,21,22,24,25). The van der Waals surface area contributed by atoms with Gasteiger partial charge in [-0.25, -0.2) is 4.79 Å². The Morgan fingerprint density at radius 1 is 1.07 bits per heavy atom. The summed E-state index contributed by atoms with van der Waals surface area (Å²) in [6, 6.07) is 8.91. The molecule has 8 heteroatoms. The second-order valence-electron chi connectivity index (χ2n) is 6.89. The van der Waals surface area contributed by atoms with Crippen LogP contribution in [0.25, 0.3) is 10.6 Å². The van der Waals surface area contributed by atoms with E-state index in [2.05, 4.69) is 46.6 Å². The van der Waals surface area contributed by atoms with Gasteiger partial charge >= 0.3 is 6.03 Å². The molecule has 2 aromatic heterocycles. The molecule has 0 radical (unpaired) electrons. The van der Waals surface area contributed by atoms with Gasteiger partial charge < -0.3 is 10.1 Å². The van der Waals surface area contributed by atoms with Crippen molar-refractivity contribution in [2.45, 2.75) is 26.2 Å². The number of aromatic nitrogens is 3. The normalized spacial score (nSPS) is 11.1. The van der Waals surface area contributed by atoms with Gasteiger partial charge in [-0.1, -0.05) is 38.2 Å². The van der Waals surface area contributed by atoms with Crippen molar-refractivity contribution in [3.63, 3.8) is 0 Å². The summed E-state index contributed by atoms with van der Waals surface area (Å²) in [5, 5.41) is 14.7. The van der Waals surface area contributed by atoms with Crippen molar-refractivity contribution in [1.82, 2.24) is 15.2 Å². The number of carbonyl (C=O) groups is 1. The molecule has 7 nitrogen and oxygen atoms in total.